The Kier molecular flexibility index (Phi) is 33.1. The molecule has 0 spiro atoms. The second-order valence-electron chi connectivity index (χ2n) is 15.3. The number of rotatable bonds is 37. The zero-order valence-electron chi connectivity index (χ0n) is 33.4. The van der Waals surface area contributed by atoms with Gasteiger partial charge in [0.05, 0.1) is 39.9 Å². The number of phosphoric acid groups is 1. The number of quaternary nitrogens is 1. The standard InChI is InChI=1S/C41H81N2O6P/c1-6-8-10-12-14-16-18-20-21-22-23-25-27-29-31-33-35-41(45)42-39(38-49-50(46,47)48-37-36-43(3,4)5)40(44)34-32-30-28-26-24-19-17-15-13-11-9-7-2/h24,26,32,34,39-40,44H,6-23,25,27-31,33,35-38H2,1-5H3,(H-,42,45,46,47)/b26-24+,34-32+. The number of carbonyl (C=O) groups is 1. The summed E-state index contributed by atoms with van der Waals surface area (Å²) in [6.45, 7) is 4.60. The summed E-state index contributed by atoms with van der Waals surface area (Å²) < 4.78 is 23.1. The van der Waals surface area contributed by atoms with Crippen LogP contribution in [0.15, 0.2) is 24.3 Å². The largest absolute Gasteiger partial charge is 0.756 e. The summed E-state index contributed by atoms with van der Waals surface area (Å²) >= 11 is 0. The monoisotopic (exact) mass is 729 g/mol. The maximum absolute atomic E-state index is 12.8. The smallest absolute Gasteiger partial charge is 0.268 e. The summed E-state index contributed by atoms with van der Waals surface area (Å²) in [5.74, 6) is -0.208. The number of nitrogens with zero attached hydrogens (tertiary/aromatic N) is 1. The van der Waals surface area contributed by atoms with E-state index in [1.54, 1.807) is 6.08 Å². The Morgan fingerprint density at radius 3 is 1.62 bits per heavy atom. The predicted octanol–water partition coefficient (Wildman–Crippen LogP) is 10.3. The van der Waals surface area contributed by atoms with E-state index in [0.29, 0.717) is 17.4 Å². The summed E-state index contributed by atoms with van der Waals surface area (Å²) in [4.78, 5) is 25.2. The maximum Gasteiger partial charge on any atom is 0.268 e. The third-order valence-electron chi connectivity index (χ3n) is 9.16. The molecule has 0 aromatic rings. The summed E-state index contributed by atoms with van der Waals surface area (Å²) in [7, 11) is 1.25. The molecule has 0 bridgehead atoms. The van der Waals surface area contributed by atoms with Crippen molar-refractivity contribution >= 4 is 13.7 Å². The molecule has 0 radical (unpaired) electrons. The maximum atomic E-state index is 12.8. The molecule has 0 heterocycles. The summed E-state index contributed by atoms with van der Waals surface area (Å²) in [6, 6.07) is -0.896. The van der Waals surface area contributed by atoms with Crippen molar-refractivity contribution in [3.8, 4) is 0 Å². The number of unbranched alkanes of at least 4 members (excludes halogenated alkanes) is 22. The Labute approximate surface area is 309 Å². The van der Waals surface area contributed by atoms with Gasteiger partial charge in [0.2, 0.25) is 5.91 Å². The minimum Gasteiger partial charge on any atom is -0.756 e. The summed E-state index contributed by atoms with van der Waals surface area (Å²) in [5.41, 5.74) is 0. The molecule has 0 saturated heterocycles. The van der Waals surface area contributed by atoms with Gasteiger partial charge in [0.1, 0.15) is 13.2 Å². The number of likely N-dealkylation sites (N-methyl/N-ethyl adjacent to an activating group) is 1. The molecule has 3 atom stereocenters. The second-order valence-corrected chi connectivity index (χ2v) is 16.8. The molecule has 2 N–H and O–H groups in total. The molecular weight excluding hydrogens is 647 g/mol. The quantitative estimate of drug-likeness (QED) is 0.0285. The molecule has 296 valence electrons. The molecule has 0 fully saturated rings. The van der Waals surface area contributed by atoms with E-state index in [-0.39, 0.29) is 19.1 Å². The Hall–Kier alpha value is -1.02. The van der Waals surface area contributed by atoms with Crippen LogP contribution in [-0.2, 0) is 18.4 Å². The third kappa shape index (κ3) is 35.4. The average molecular weight is 729 g/mol. The van der Waals surface area contributed by atoms with Crippen molar-refractivity contribution in [2.24, 2.45) is 0 Å². The summed E-state index contributed by atoms with van der Waals surface area (Å²) in [6.07, 6.45) is 37.9. The van der Waals surface area contributed by atoms with Gasteiger partial charge >= 0.3 is 0 Å². The first kappa shape index (κ1) is 49.0. The van der Waals surface area contributed by atoms with Crippen molar-refractivity contribution in [2.45, 2.75) is 193 Å². The predicted molar refractivity (Wildman–Crippen MR) is 210 cm³/mol. The van der Waals surface area contributed by atoms with E-state index in [4.69, 9.17) is 9.05 Å². The lowest BCUT2D eigenvalue weighted by Gasteiger charge is -2.29. The number of hydrogen-bond acceptors (Lipinski definition) is 6. The normalized spacial score (nSPS) is 14.8. The first-order valence-electron chi connectivity index (χ1n) is 20.7. The lowest BCUT2D eigenvalue weighted by Crippen LogP contribution is -2.45. The minimum atomic E-state index is -4.58. The van der Waals surface area contributed by atoms with Crippen molar-refractivity contribution in [3.05, 3.63) is 24.3 Å². The van der Waals surface area contributed by atoms with Crippen LogP contribution >= 0.6 is 7.82 Å². The van der Waals surface area contributed by atoms with Gasteiger partial charge in [-0.3, -0.25) is 9.36 Å². The Morgan fingerprint density at radius 2 is 1.12 bits per heavy atom. The number of phosphoric ester groups is 1. The van der Waals surface area contributed by atoms with Gasteiger partial charge in [0.25, 0.3) is 7.82 Å². The van der Waals surface area contributed by atoms with E-state index in [1.165, 1.54) is 122 Å². The Bertz CT molecular complexity index is 876. The van der Waals surface area contributed by atoms with Gasteiger partial charge < -0.3 is 28.8 Å². The topological polar surface area (TPSA) is 108 Å². The molecule has 0 aliphatic heterocycles. The molecule has 0 aliphatic rings. The van der Waals surface area contributed by atoms with E-state index in [0.717, 1.165) is 38.5 Å². The van der Waals surface area contributed by atoms with Crippen LogP contribution in [0.25, 0.3) is 0 Å². The van der Waals surface area contributed by atoms with E-state index in [1.807, 2.05) is 27.2 Å². The fraction of sp³-hybridized carbons (Fsp3) is 0.878. The van der Waals surface area contributed by atoms with Crippen LogP contribution in [0.5, 0.6) is 0 Å². The first-order chi connectivity index (χ1) is 24.0. The van der Waals surface area contributed by atoms with Crippen LogP contribution in [0, 0.1) is 0 Å². The third-order valence-corrected chi connectivity index (χ3v) is 10.1. The van der Waals surface area contributed by atoms with E-state index < -0.39 is 20.0 Å². The molecular formula is C41H81N2O6P. The molecule has 0 aliphatic carbocycles. The number of hydrogen-bond donors (Lipinski definition) is 2. The van der Waals surface area contributed by atoms with Crippen molar-refractivity contribution in [2.75, 3.05) is 40.9 Å². The Balaban J connectivity index is 4.47. The van der Waals surface area contributed by atoms with Crippen molar-refractivity contribution in [1.82, 2.24) is 5.32 Å². The molecule has 0 aromatic heterocycles. The molecule has 0 rings (SSSR count). The SMILES string of the molecule is CCCCCCCC/C=C/CC/C=C/C(O)C(COP(=O)([O-])OCC[N+](C)(C)C)NC(=O)CCCCCCCCCCCCCCCCCC. The number of aliphatic hydroxyl groups is 1. The van der Waals surface area contributed by atoms with Gasteiger partial charge in [0.15, 0.2) is 0 Å². The molecule has 0 aromatic carbocycles. The van der Waals surface area contributed by atoms with Crippen LogP contribution in [0.4, 0.5) is 0 Å². The number of nitrogens with one attached hydrogen (secondary N) is 1. The fourth-order valence-corrected chi connectivity index (χ4v) is 6.54. The Morgan fingerprint density at radius 1 is 0.680 bits per heavy atom. The van der Waals surface area contributed by atoms with Gasteiger partial charge in [-0.2, -0.15) is 0 Å². The number of carbonyl (C=O) groups excluding carboxylic acids is 1. The van der Waals surface area contributed by atoms with Crippen LogP contribution in [0.2, 0.25) is 0 Å². The van der Waals surface area contributed by atoms with E-state index in [9.17, 15) is 19.4 Å². The fourth-order valence-electron chi connectivity index (χ4n) is 5.81. The van der Waals surface area contributed by atoms with Crippen molar-refractivity contribution in [1.29, 1.82) is 0 Å². The second kappa shape index (κ2) is 33.8. The average Bonchev–Trinajstić information content (AvgIpc) is 3.06. The lowest BCUT2D eigenvalue weighted by molar-refractivity contribution is -0.870. The molecule has 1 amide bonds. The van der Waals surface area contributed by atoms with Gasteiger partial charge in [-0.25, -0.2) is 0 Å². The highest BCUT2D eigenvalue weighted by Gasteiger charge is 2.23. The van der Waals surface area contributed by atoms with Crippen LogP contribution in [0.1, 0.15) is 181 Å². The van der Waals surface area contributed by atoms with Crippen LogP contribution in [0.3, 0.4) is 0 Å². The highest BCUT2D eigenvalue weighted by atomic mass is 31.2. The van der Waals surface area contributed by atoms with E-state index >= 15 is 0 Å². The molecule has 0 saturated carbocycles. The molecule has 8 nitrogen and oxygen atoms in total. The number of aliphatic hydroxyl groups excluding tert-OH is 1. The van der Waals surface area contributed by atoms with Gasteiger partial charge in [0, 0.05) is 6.42 Å². The molecule has 9 heteroatoms. The highest BCUT2D eigenvalue weighted by molar-refractivity contribution is 7.45. The number of allylic oxidation sites excluding steroid dienone is 3. The van der Waals surface area contributed by atoms with Gasteiger partial charge in [-0.05, 0) is 32.1 Å². The van der Waals surface area contributed by atoms with Crippen molar-refractivity contribution < 1.29 is 32.9 Å². The summed E-state index contributed by atoms with van der Waals surface area (Å²) in [5, 5.41) is 13.7. The van der Waals surface area contributed by atoms with Gasteiger partial charge in [-0.1, -0.05) is 167 Å². The first-order valence-corrected chi connectivity index (χ1v) is 22.2. The minimum absolute atomic E-state index is 0.00457. The zero-order chi connectivity index (χ0) is 37.2. The highest BCUT2D eigenvalue weighted by Crippen LogP contribution is 2.38. The van der Waals surface area contributed by atoms with Crippen LogP contribution < -0.4 is 10.2 Å². The molecule has 50 heavy (non-hydrogen) atoms. The lowest BCUT2D eigenvalue weighted by atomic mass is 10.0. The number of amides is 1. The molecule has 3 unspecified atom stereocenters. The van der Waals surface area contributed by atoms with Crippen LogP contribution in [-0.4, -0.2) is 68.5 Å². The van der Waals surface area contributed by atoms with Crippen molar-refractivity contribution in [3.63, 3.8) is 0 Å². The van der Waals surface area contributed by atoms with Gasteiger partial charge in [-0.15, -0.1) is 0 Å². The van der Waals surface area contributed by atoms with E-state index in [2.05, 4.69) is 31.3 Å². The zero-order valence-corrected chi connectivity index (χ0v) is 34.2.